The van der Waals surface area contributed by atoms with E-state index >= 15 is 0 Å². The molecule has 3 rings (SSSR count). The maximum absolute atomic E-state index is 12.9. The van der Waals surface area contributed by atoms with Gasteiger partial charge in [-0.2, -0.15) is 5.26 Å². The Hall–Kier alpha value is -2.59. The van der Waals surface area contributed by atoms with E-state index in [1.54, 1.807) is 11.9 Å². The number of aliphatic hydroxyl groups is 1. The zero-order valence-electron chi connectivity index (χ0n) is 20.9. The Morgan fingerprint density at radius 1 is 1.29 bits per heavy atom. The number of benzene rings is 1. The van der Waals surface area contributed by atoms with Crippen molar-refractivity contribution in [1.82, 2.24) is 10.2 Å². The Bertz CT molecular complexity index is 886. The van der Waals surface area contributed by atoms with Gasteiger partial charge in [0, 0.05) is 25.6 Å². The topological polar surface area (TPSA) is 103 Å². The van der Waals surface area contributed by atoms with Crippen molar-refractivity contribution in [3.8, 4) is 11.8 Å². The van der Waals surface area contributed by atoms with Crippen LogP contribution in [0.5, 0.6) is 5.75 Å². The molecular weight excluding hydrogens is 430 g/mol. The van der Waals surface area contributed by atoms with Crippen molar-refractivity contribution in [2.24, 2.45) is 29.1 Å². The minimum atomic E-state index is -0.614. The summed E-state index contributed by atoms with van der Waals surface area (Å²) < 4.78 is 5.59. The summed E-state index contributed by atoms with van der Waals surface area (Å²) in [5, 5.41) is 23.5. The molecule has 0 bridgehead atoms. The molecule has 2 aliphatic rings. The first kappa shape index (κ1) is 26.0. The molecule has 0 spiro atoms. The number of nitrogens with zero attached hydrogens (tertiary/aromatic N) is 2. The number of fused-ring (bicyclic) bond motifs is 1. The number of rotatable bonds is 8. The van der Waals surface area contributed by atoms with Crippen molar-refractivity contribution >= 4 is 11.8 Å². The van der Waals surface area contributed by atoms with Gasteiger partial charge in [0.2, 0.25) is 5.91 Å². The highest BCUT2D eigenvalue weighted by atomic mass is 16.5. The van der Waals surface area contributed by atoms with Gasteiger partial charge >= 0.3 is 0 Å². The lowest BCUT2D eigenvalue weighted by Crippen LogP contribution is -2.59. The van der Waals surface area contributed by atoms with Crippen LogP contribution in [-0.4, -0.2) is 54.2 Å². The summed E-state index contributed by atoms with van der Waals surface area (Å²) in [4.78, 5) is 27.2. The van der Waals surface area contributed by atoms with Gasteiger partial charge in [-0.3, -0.25) is 9.59 Å². The van der Waals surface area contributed by atoms with Crippen molar-refractivity contribution in [1.29, 1.82) is 5.26 Å². The van der Waals surface area contributed by atoms with Gasteiger partial charge in [-0.05, 0) is 61.0 Å². The van der Waals surface area contributed by atoms with Gasteiger partial charge in [-0.1, -0.05) is 39.0 Å². The monoisotopic (exact) mass is 469 g/mol. The second kappa shape index (κ2) is 11.2. The fraction of sp³-hybridized carbons (Fsp3) is 0.667. The Balaban J connectivity index is 1.64. The number of hydrogen-bond acceptors (Lipinski definition) is 5. The SMILES string of the molecule is CC(C(=O)N(C)CCC#N)C1CCC2(C)CCC(NC(=O)COc3ccccc3)C(C)C2C1O. The molecule has 186 valence electrons. The molecule has 2 amide bonds. The largest absolute Gasteiger partial charge is 0.484 e. The molecule has 2 fully saturated rings. The number of para-hydroxylation sites is 1. The van der Waals surface area contributed by atoms with Gasteiger partial charge in [0.15, 0.2) is 6.61 Å². The summed E-state index contributed by atoms with van der Waals surface area (Å²) in [5.74, 6) is 0.114. The van der Waals surface area contributed by atoms with E-state index in [0.29, 0.717) is 18.7 Å². The van der Waals surface area contributed by atoms with Gasteiger partial charge in [-0.25, -0.2) is 0 Å². The summed E-state index contributed by atoms with van der Waals surface area (Å²) in [6, 6.07) is 11.3. The highest BCUT2D eigenvalue weighted by molar-refractivity contribution is 5.79. The predicted molar refractivity (Wildman–Crippen MR) is 130 cm³/mol. The first-order valence-corrected chi connectivity index (χ1v) is 12.4. The molecule has 7 unspecified atom stereocenters. The van der Waals surface area contributed by atoms with Gasteiger partial charge in [0.25, 0.3) is 5.91 Å². The molecule has 2 saturated carbocycles. The standard InChI is InChI=1S/C27H39N3O4/c1-18(26(33)30(4)16-8-15-28)21-11-13-27(3)14-12-22(19(2)24(27)25(21)32)29-23(31)17-34-20-9-6-5-7-10-20/h5-7,9-10,18-19,21-22,24-25,32H,8,11-14,16-17H2,1-4H3,(H,29,31). The van der Waals surface area contributed by atoms with E-state index in [9.17, 15) is 14.7 Å². The minimum absolute atomic E-state index is 0.00000584. The van der Waals surface area contributed by atoms with E-state index in [2.05, 4.69) is 25.2 Å². The summed E-state index contributed by atoms with van der Waals surface area (Å²) in [6.07, 6.45) is 3.25. The maximum atomic E-state index is 12.9. The highest BCUT2D eigenvalue weighted by Crippen LogP contribution is 2.55. The third-order valence-corrected chi connectivity index (χ3v) is 8.31. The minimum Gasteiger partial charge on any atom is -0.484 e. The molecule has 0 aromatic heterocycles. The normalized spacial score (nSPS) is 31.5. The summed E-state index contributed by atoms with van der Waals surface area (Å²) in [7, 11) is 1.72. The van der Waals surface area contributed by atoms with Crippen LogP contribution in [0.1, 0.15) is 52.9 Å². The summed E-state index contributed by atoms with van der Waals surface area (Å²) in [5.41, 5.74) is -0.00736. The number of carbonyl (C=O) groups excluding carboxylic acids is 2. The lowest BCUT2D eigenvalue weighted by atomic mass is 9.51. The molecule has 1 aromatic carbocycles. The Morgan fingerprint density at radius 2 is 1.97 bits per heavy atom. The molecule has 2 aliphatic carbocycles. The molecule has 0 heterocycles. The van der Waals surface area contributed by atoms with Gasteiger partial charge in [-0.15, -0.1) is 0 Å². The fourth-order valence-electron chi connectivity index (χ4n) is 6.27. The van der Waals surface area contributed by atoms with Crippen molar-refractivity contribution in [3.63, 3.8) is 0 Å². The predicted octanol–water partition coefficient (Wildman–Crippen LogP) is 3.38. The van der Waals surface area contributed by atoms with Crippen molar-refractivity contribution in [2.75, 3.05) is 20.2 Å². The fourth-order valence-corrected chi connectivity index (χ4v) is 6.27. The molecule has 7 nitrogen and oxygen atoms in total. The van der Waals surface area contributed by atoms with Crippen molar-refractivity contribution in [2.45, 2.75) is 65.0 Å². The number of ether oxygens (including phenoxy) is 1. The van der Waals surface area contributed by atoms with Crippen molar-refractivity contribution < 1.29 is 19.4 Å². The summed E-state index contributed by atoms with van der Waals surface area (Å²) in [6.45, 7) is 6.62. The van der Waals surface area contributed by atoms with Crippen LogP contribution in [0, 0.1) is 40.4 Å². The Labute approximate surface area is 203 Å². The molecule has 34 heavy (non-hydrogen) atoms. The number of carbonyl (C=O) groups is 2. The number of aliphatic hydroxyl groups excluding tert-OH is 1. The van der Waals surface area contributed by atoms with E-state index in [0.717, 1.165) is 25.7 Å². The van der Waals surface area contributed by atoms with Gasteiger partial charge < -0.3 is 20.1 Å². The van der Waals surface area contributed by atoms with E-state index in [4.69, 9.17) is 10.00 Å². The Kier molecular flexibility index (Phi) is 8.59. The van der Waals surface area contributed by atoms with Crippen LogP contribution in [0.2, 0.25) is 0 Å². The van der Waals surface area contributed by atoms with Crippen LogP contribution in [-0.2, 0) is 9.59 Å². The van der Waals surface area contributed by atoms with Crippen LogP contribution >= 0.6 is 0 Å². The molecule has 7 heteroatoms. The molecule has 1 aromatic rings. The molecule has 0 saturated heterocycles. The third-order valence-electron chi connectivity index (χ3n) is 8.31. The van der Waals surface area contributed by atoms with Crippen LogP contribution in [0.25, 0.3) is 0 Å². The number of amides is 2. The molecule has 0 aliphatic heterocycles. The van der Waals surface area contributed by atoms with E-state index in [-0.39, 0.29) is 53.5 Å². The number of hydrogen-bond donors (Lipinski definition) is 2. The third kappa shape index (κ3) is 5.72. The van der Waals surface area contributed by atoms with Crippen LogP contribution in [0.4, 0.5) is 0 Å². The summed E-state index contributed by atoms with van der Waals surface area (Å²) >= 11 is 0. The number of nitriles is 1. The second-order valence-electron chi connectivity index (χ2n) is 10.5. The lowest BCUT2D eigenvalue weighted by Gasteiger charge is -2.56. The second-order valence-corrected chi connectivity index (χ2v) is 10.5. The maximum Gasteiger partial charge on any atom is 0.258 e. The molecule has 0 radical (unpaired) electrons. The zero-order chi connectivity index (χ0) is 24.9. The molecule has 2 N–H and O–H groups in total. The van der Waals surface area contributed by atoms with Crippen LogP contribution in [0.15, 0.2) is 30.3 Å². The van der Waals surface area contributed by atoms with Crippen LogP contribution < -0.4 is 10.1 Å². The van der Waals surface area contributed by atoms with E-state index in [1.807, 2.05) is 37.3 Å². The molecule has 7 atom stereocenters. The quantitative estimate of drug-likeness (QED) is 0.608. The van der Waals surface area contributed by atoms with E-state index in [1.165, 1.54) is 0 Å². The smallest absolute Gasteiger partial charge is 0.258 e. The highest BCUT2D eigenvalue weighted by Gasteiger charge is 2.54. The van der Waals surface area contributed by atoms with Crippen molar-refractivity contribution in [3.05, 3.63) is 30.3 Å². The van der Waals surface area contributed by atoms with E-state index < -0.39 is 6.10 Å². The first-order chi connectivity index (χ1) is 16.2. The Morgan fingerprint density at radius 3 is 2.65 bits per heavy atom. The molecular formula is C27H39N3O4. The lowest BCUT2D eigenvalue weighted by molar-refractivity contribution is -0.150. The average molecular weight is 470 g/mol. The van der Waals surface area contributed by atoms with Gasteiger partial charge in [0.05, 0.1) is 18.6 Å². The van der Waals surface area contributed by atoms with Gasteiger partial charge in [0.1, 0.15) is 5.75 Å². The van der Waals surface area contributed by atoms with Crippen LogP contribution in [0.3, 0.4) is 0 Å². The number of nitrogens with one attached hydrogen (secondary N) is 1. The first-order valence-electron chi connectivity index (χ1n) is 12.4. The zero-order valence-corrected chi connectivity index (χ0v) is 20.9. The average Bonchev–Trinajstić information content (AvgIpc) is 2.83.